The number of benzene rings is 1. The van der Waals surface area contributed by atoms with Crippen LogP contribution in [0.15, 0.2) is 28.0 Å². The third-order valence-electron chi connectivity index (χ3n) is 1.98. The summed E-state index contributed by atoms with van der Waals surface area (Å²) in [7, 11) is 0. The zero-order valence-corrected chi connectivity index (χ0v) is 10.1. The van der Waals surface area contributed by atoms with E-state index in [0.717, 1.165) is 6.42 Å². The second kappa shape index (κ2) is 5.25. The molecule has 1 aromatic rings. The summed E-state index contributed by atoms with van der Waals surface area (Å²) < 4.78 is 1.90. The highest BCUT2D eigenvalue weighted by Crippen LogP contribution is 2.13. The molecule has 0 aliphatic rings. The van der Waals surface area contributed by atoms with Crippen molar-refractivity contribution in [1.29, 1.82) is 0 Å². The predicted octanol–water partition coefficient (Wildman–Crippen LogP) is 4.12. The molecule has 68 valence electrons. The lowest BCUT2D eigenvalue weighted by atomic mass is 10.0. The van der Waals surface area contributed by atoms with E-state index in [4.69, 9.17) is 0 Å². The molecule has 0 bridgehead atoms. The van der Waals surface area contributed by atoms with Gasteiger partial charge in [0.15, 0.2) is 0 Å². The molecule has 0 heterocycles. The minimum atomic E-state index is 1.08. The number of hydrogen-bond acceptors (Lipinski definition) is 0. The van der Waals surface area contributed by atoms with Crippen LogP contribution >= 0.6 is 22.6 Å². The van der Waals surface area contributed by atoms with Gasteiger partial charge < -0.3 is 0 Å². The van der Waals surface area contributed by atoms with Crippen molar-refractivity contribution in [2.45, 2.75) is 20.3 Å². The summed E-state index contributed by atoms with van der Waals surface area (Å²) in [5.41, 5.74) is 7.09. The fraction of sp³-hybridized carbons (Fsp3) is 0.250. The molecule has 1 rings (SSSR count). The summed E-state index contributed by atoms with van der Waals surface area (Å²) in [5, 5.41) is 0. The third-order valence-corrected chi connectivity index (χ3v) is 2.34. The first kappa shape index (κ1) is 10.6. The molecule has 0 nitrogen and oxygen atoms in total. The SMILES string of the molecule is CCc1cc(C)ccc1C=C=CI. The fourth-order valence-corrected chi connectivity index (χ4v) is 1.48. The van der Waals surface area contributed by atoms with E-state index in [1.54, 1.807) is 0 Å². The van der Waals surface area contributed by atoms with E-state index in [2.05, 4.69) is 60.4 Å². The minimum absolute atomic E-state index is 1.08. The van der Waals surface area contributed by atoms with Crippen LogP contribution in [-0.2, 0) is 6.42 Å². The highest BCUT2D eigenvalue weighted by atomic mass is 127. The van der Waals surface area contributed by atoms with Gasteiger partial charge in [0, 0.05) is 4.08 Å². The summed E-state index contributed by atoms with van der Waals surface area (Å²) in [6, 6.07) is 6.53. The lowest BCUT2D eigenvalue weighted by Crippen LogP contribution is -1.86. The highest BCUT2D eigenvalue weighted by Gasteiger charge is 1.96. The third kappa shape index (κ3) is 3.02. The second-order valence-corrected chi connectivity index (χ2v) is 3.60. The molecule has 0 amide bonds. The van der Waals surface area contributed by atoms with Crippen molar-refractivity contribution in [3.8, 4) is 0 Å². The van der Waals surface area contributed by atoms with Crippen LogP contribution in [0.4, 0.5) is 0 Å². The Morgan fingerprint density at radius 2 is 2.23 bits per heavy atom. The molecule has 0 atom stereocenters. The monoisotopic (exact) mass is 284 g/mol. The maximum absolute atomic E-state index is 3.10. The average molecular weight is 284 g/mol. The molecule has 0 fully saturated rings. The molecule has 0 aromatic heterocycles. The van der Waals surface area contributed by atoms with Gasteiger partial charge >= 0.3 is 0 Å². The number of aryl methyl sites for hydroxylation is 2. The van der Waals surface area contributed by atoms with E-state index >= 15 is 0 Å². The van der Waals surface area contributed by atoms with E-state index in [-0.39, 0.29) is 0 Å². The Morgan fingerprint density at radius 1 is 1.46 bits per heavy atom. The Labute approximate surface area is 93.5 Å². The molecule has 13 heavy (non-hydrogen) atoms. The standard InChI is InChI=1S/C12H13I/c1-3-11-9-10(2)6-7-12(11)5-4-8-13/h5-9H,3H2,1-2H3. The van der Waals surface area contributed by atoms with Gasteiger partial charge in [-0.15, -0.1) is 5.73 Å². The first-order valence-corrected chi connectivity index (χ1v) is 5.63. The molecule has 1 heteroatoms. The van der Waals surface area contributed by atoms with Gasteiger partial charge in [0.1, 0.15) is 0 Å². The Morgan fingerprint density at radius 3 is 2.85 bits per heavy atom. The predicted molar refractivity (Wildman–Crippen MR) is 67.1 cm³/mol. The van der Waals surface area contributed by atoms with Gasteiger partial charge in [-0.1, -0.05) is 30.7 Å². The van der Waals surface area contributed by atoms with E-state index in [9.17, 15) is 0 Å². The molecular formula is C12H13I. The van der Waals surface area contributed by atoms with Gasteiger partial charge in [0.25, 0.3) is 0 Å². The van der Waals surface area contributed by atoms with Gasteiger partial charge in [0.2, 0.25) is 0 Å². The summed E-state index contributed by atoms with van der Waals surface area (Å²) in [6.07, 6.45) is 3.11. The first-order valence-electron chi connectivity index (χ1n) is 4.38. The maximum atomic E-state index is 3.10. The van der Waals surface area contributed by atoms with Crippen molar-refractivity contribution >= 4 is 28.7 Å². The normalized spacial score (nSPS) is 9.15. The highest BCUT2D eigenvalue weighted by molar-refractivity contribution is 14.1. The molecule has 0 saturated heterocycles. The topological polar surface area (TPSA) is 0 Å². The van der Waals surface area contributed by atoms with Crippen molar-refractivity contribution in [3.05, 3.63) is 44.7 Å². The summed E-state index contributed by atoms with van der Waals surface area (Å²) in [5.74, 6) is 0. The molecule has 0 N–H and O–H groups in total. The van der Waals surface area contributed by atoms with Crippen LogP contribution in [-0.4, -0.2) is 0 Å². The first-order chi connectivity index (χ1) is 6.27. The molecule has 0 aliphatic heterocycles. The average Bonchev–Trinajstić information content (AvgIpc) is 2.16. The van der Waals surface area contributed by atoms with Crippen molar-refractivity contribution < 1.29 is 0 Å². The van der Waals surface area contributed by atoms with Gasteiger partial charge in [-0.05, 0) is 53.1 Å². The van der Waals surface area contributed by atoms with Crippen molar-refractivity contribution in [2.24, 2.45) is 0 Å². The van der Waals surface area contributed by atoms with Crippen LogP contribution in [0.25, 0.3) is 6.08 Å². The largest absolute Gasteiger partial charge is 0.114 e. The van der Waals surface area contributed by atoms with Crippen molar-refractivity contribution in [1.82, 2.24) is 0 Å². The molecule has 0 unspecified atom stereocenters. The number of halogens is 1. The lowest BCUT2D eigenvalue weighted by molar-refractivity contribution is 1.12. The van der Waals surface area contributed by atoms with Crippen LogP contribution in [0.1, 0.15) is 23.6 Å². The number of rotatable bonds is 2. The Bertz CT molecular complexity index is 344. The molecule has 0 spiro atoms. The zero-order chi connectivity index (χ0) is 9.68. The van der Waals surface area contributed by atoms with Crippen molar-refractivity contribution in [3.63, 3.8) is 0 Å². The van der Waals surface area contributed by atoms with Crippen LogP contribution < -0.4 is 0 Å². The molecule has 1 aromatic carbocycles. The number of hydrogen-bond donors (Lipinski definition) is 0. The van der Waals surface area contributed by atoms with Gasteiger partial charge in [-0.3, -0.25) is 0 Å². The smallest absolute Gasteiger partial charge is 0.0187 e. The van der Waals surface area contributed by atoms with Gasteiger partial charge in [-0.25, -0.2) is 0 Å². The molecule has 0 radical (unpaired) electrons. The lowest BCUT2D eigenvalue weighted by Gasteiger charge is -2.03. The second-order valence-electron chi connectivity index (χ2n) is 2.98. The van der Waals surface area contributed by atoms with E-state index in [1.165, 1.54) is 16.7 Å². The fourth-order valence-electron chi connectivity index (χ4n) is 1.30. The van der Waals surface area contributed by atoms with Crippen LogP contribution in [0, 0.1) is 6.92 Å². The van der Waals surface area contributed by atoms with Crippen molar-refractivity contribution in [2.75, 3.05) is 0 Å². The Balaban J connectivity index is 3.13. The van der Waals surface area contributed by atoms with E-state index in [0.29, 0.717) is 0 Å². The van der Waals surface area contributed by atoms with Crippen LogP contribution in [0.5, 0.6) is 0 Å². The van der Waals surface area contributed by atoms with Crippen LogP contribution in [0.2, 0.25) is 0 Å². The molecule has 0 saturated carbocycles. The molecule has 0 aliphatic carbocycles. The van der Waals surface area contributed by atoms with Gasteiger partial charge in [0.05, 0.1) is 0 Å². The quantitative estimate of drug-likeness (QED) is 0.566. The molecular weight excluding hydrogens is 271 g/mol. The summed E-state index contributed by atoms with van der Waals surface area (Å²) in [4.78, 5) is 0. The van der Waals surface area contributed by atoms with E-state index in [1.807, 2.05) is 10.2 Å². The Kier molecular flexibility index (Phi) is 4.26. The van der Waals surface area contributed by atoms with Crippen LogP contribution in [0.3, 0.4) is 0 Å². The maximum Gasteiger partial charge on any atom is 0.0187 e. The van der Waals surface area contributed by atoms with Gasteiger partial charge in [-0.2, -0.15) is 0 Å². The van der Waals surface area contributed by atoms with E-state index < -0.39 is 0 Å². The summed E-state index contributed by atoms with van der Waals surface area (Å²) in [6.45, 7) is 4.31. The zero-order valence-electron chi connectivity index (χ0n) is 7.97. The Hall–Kier alpha value is -0.530. The minimum Gasteiger partial charge on any atom is -0.114 e. The summed E-state index contributed by atoms with van der Waals surface area (Å²) >= 11 is 2.18.